The summed E-state index contributed by atoms with van der Waals surface area (Å²) in [5.74, 6) is 1.56. The Hall–Kier alpha value is -1.03. The fourth-order valence-electron chi connectivity index (χ4n) is 3.72. The van der Waals surface area contributed by atoms with Gasteiger partial charge in [-0.05, 0) is 52.9 Å². The molecule has 142 valence electrons. The summed E-state index contributed by atoms with van der Waals surface area (Å²) in [6, 6.07) is 0.560. The van der Waals surface area contributed by atoms with E-state index in [2.05, 4.69) is 34.0 Å². The zero-order valence-corrected chi connectivity index (χ0v) is 16.2. The highest BCUT2D eigenvalue weighted by atomic mass is 32.2. The third kappa shape index (κ3) is 4.78. The number of piperidine rings is 2. The van der Waals surface area contributed by atoms with Gasteiger partial charge in [-0.1, -0.05) is 5.16 Å². The molecule has 0 amide bonds. The molecular weight excluding hydrogens is 342 g/mol. The number of rotatable bonds is 5. The maximum atomic E-state index is 11.6. The van der Waals surface area contributed by atoms with Gasteiger partial charge in [0.05, 0.1) is 12.8 Å². The Morgan fingerprint density at radius 1 is 1.16 bits per heavy atom. The van der Waals surface area contributed by atoms with Crippen molar-refractivity contribution in [3.05, 3.63) is 11.7 Å². The molecule has 1 aromatic rings. The van der Waals surface area contributed by atoms with E-state index in [1.807, 2.05) is 0 Å². The van der Waals surface area contributed by atoms with Crippen LogP contribution in [-0.2, 0) is 16.6 Å². The topological polar surface area (TPSA) is 82.8 Å². The molecule has 1 aromatic heterocycles. The zero-order chi connectivity index (χ0) is 18.0. The van der Waals surface area contributed by atoms with E-state index in [9.17, 15) is 8.42 Å². The Bertz CT molecular complexity index is 661. The Morgan fingerprint density at radius 2 is 1.80 bits per heavy atom. The van der Waals surface area contributed by atoms with Gasteiger partial charge >= 0.3 is 0 Å². The highest BCUT2D eigenvalue weighted by molar-refractivity contribution is 7.88. The van der Waals surface area contributed by atoms with Crippen molar-refractivity contribution >= 4 is 10.0 Å². The number of hydrogen-bond acceptors (Lipinski definition) is 7. The summed E-state index contributed by atoms with van der Waals surface area (Å²) >= 11 is 0. The van der Waals surface area contributed by atoms with E-state index in [4.69, 9.17) is 4.52 Å². The molecule has 25 heavy (non-hydrogen) atoms. The van der Waals surface area contributed by atoms with Gasteiger partial charge in [-0.25, -0.2) is 12.7 Å². The molecule has 0 aromatic carbocycles. The van der Waals surface area contributed by atoms with Crippen LogP contribution in [0.4, 0.5) is 0 Å². The summed E-state index contributed by atoms with van der Waals surface area (Å²) in [6.07, 6.45) is 5.09. The number of aromatic nitrogens is 2. The van der Waals surface area contributed by atoms with Crippen molar-refractivity contribution in [3.8, 4) is 0 Å². The summed E-state index contributed by atoms with van der Waals surface area (Å²) in [7, 11) is 1.18. The SMILES string of the molecule is CN1CCC(N(C)Cc2nc(C3CCN(S(C)(=O)=O)CC3)no2)CC1. The van der Waals surface area contributed by atoms with Crippen LogP contribution in [0.25, 0.3) is 0 Å². The largest absolute Gasteiger partial charge is 0.338 e. The standard InChI is InChI=1S/C16H29N5O3S/c1-19-8-6-14(7-9-19)20(2)12-15-17-16(18-24-15)13-4-10-21(11-5-13)25(3,22)23/h13-14H,4-12H2,1-3H3. The molecule has 2 aliphatic heterocycles. The van der Waals surface area contributed by atoms with Crippen LogP contribution in [0.2, 0.25) is 0 Å². The zero-order valence-electron chi connectivity index (χ0n) is 15.4. The lowest BCUT2D eigenvalue weighted by atomic mass is 9.97. The molecule has 2 aliphatic rings. The Labute approximate surface area is 150 Å². The fraction of sp³-hybridized carbons (Fsp3) is 0.875. The van der Waals surface area contributed by atoms with Gasteiger partial charge in [0, 0.05) is 25.0 Å². The molecule has 2 fully saturated rings. The molecule has 9 heteroatoms. The van der Waals surface area contributed by atoms with E-state index in [0.717, 1.165) is 44.6 Å². The molecule has 0 radical (unpaired) electrons. The van der Waals surface area contributed by atoms with Gasteiger partial charge in [0.25, 0.3) is 0 Å². The lowest BCUT2D eigenvalue weighted by Crippen LogP contribution is -2.41. The van der Waals surface area contributed by atoms with Gasteiger partial charge in [0.15, 0.2) is 5.82 Å². The second-order valence-electron chi connectivity index (χ2n) is 7.43. The van der Waals surface area contributed by atoms with Gasteiger partial charge in [-0.3, -0.25) is 4.90 Å². The lowest BCUT2D eigenvalue weighted by molar-refractivity contribution is 0.128. The van der Waals surface area contributed by atoms with Crippen molar-refractivity contribution in [3.63, 3.8) is 0 Å². The lowest BCUT2D eigenvalue weighted by Gasteiger charge is -2.34. The van der Waals surface area contributed by atoms with Crippen molar-refractivity contribution in [1.82, 2.24) is 24.2 Å². The second-order valence-corrected chi connectivity index (χ2v) is 9.41. The molecule has 0 spiro atoms. The van der Waals surface area contributed by atoms with E-state index in [-0.39, 0.29) is 5.92 Å². The minimum atomic E-state index is -3.10. The van der Waals surface area contributed by atoms with E-state index < -0.39 is 10.0 Å². The summed E-state index contributed by atoms with van der Waals surface area (Å²) in [5, 5.41) is 4.15. The molecule has 0 aliphatic carbocycles. The minimum Gasteiger partial charge on any atom is -0.338 e. The average molecular weight is 372 g/mol. The number of sulfonamides is 1. The van der Waals surface area contributed by atoms with Crippen molar-refractivity contribution in [2.75, 3.05) is 46.5 Å². The highest BCUT2D eigenvalue weighted by Crippen LogP contribution is 2.27. The van der Waals surface area contributed by atoms with E-state index in [1.54, 1.807) is 0 Å². The third-order valence-corrected chi connectivity index (χ3v) is 6.77. The van der Waals surface area contributed by atoms with Crippen molar-refractivity contribution in [2.45, 2.75) is 44.2 Å². The summed E-state index contributed by atoms with van der Waals surface area (Å²) in [5.41, 5.74) is 0. The maximum absolute atomic E-state index is 11.6. The molecular formula is C16H29N5O3S. The summed E-state index contributed by atoms with van der Waals surface area (Å²) in [4.78, 5) is 9.23. The first-order valence-electron chi connectivity index (χ1n) is 8.99. The van der Waals surface area contributed by atoms with Crippen LogP contribution in [0.3, 0.4) is 0 Å². The molecule has 3 heterocycles. The Balaban J connectivity index is 1.53. The van der Waals surface area contributed by atoms with Crippen LogP contribution in [-0.4, -0.2) is 85.2 Å². The van der Waals surface area contributed by atoms with Crippen molar-refractivity contribution in [1.29, 1.82) is 0 Å². The van der Waals surface area contributed by atoms with Crippen LogP contribution in [0.1, 0.15) is 43.3 Å². The van der Waals surface area contributed by atoms with Crippen LogP contribution >= 0.6 is 0 Å². The van der Waals surface area contributed by atoms with Gasteiger partial charge in [0.2, 0.25) is 15.9 Å². The fourth-order valence-corrected chi connectivity index (χ4v) is 4.60. The Morgan fingerprint density at radius 3 is 2.40 bits per heavy atom. The normalized spacial score (nSPS) is 22.7. The summed E-state index contributed by atoms with van der Waals surface area (Å²) < 4.78 is 30.2. The molecule has 8 nitrogen and oxygen atoms in total. The molecule has 0 atom stereocenters. The monoisotopic (exact) mass is 371 g/mol. The molecule has 3 rings (SSSR count). The first-order chi connectivity index (χ1) is 11.8. The third-order valence-electron chi connectivity index (χ3n) is 5.47. The van der Waals surface area contributed by atoms with Gasteiger partial charge < -0.3 is 9.42 Å². The predicted octanol–water partition coefficient (Wildman–Crippen LogP) is 0.735. The molecule has 0 bridgehead atoms. The van der Waals surface area contributed by atoms with E-state index in [0.29, 0.717) is 31.6 Å². The van der Waals surface area contributed by atoms with Crippen molar-refractivity contribution in [2.24, 2.45) is 0 Å². The van der Waals surface area contributed by atoms with Crippen LogP contribution < -0.4 is 0 Å². The molecule has 0 saturated carbocycles. The number of nitrogens with zero attached hydrogens (tertiary/aromatic N) is 5. The van der Waals surface area contributed by atoms with E-state index in [1.165, 1.54) is 10.6 Å². The second kappa shape index (κ2) is 7.69. The maximum Gasteiger partial charge on any atom is 0.240 e. The van der Waals surface area contributed by atoms with Crippen molar-refractivity contribution < 1.29 is 12.9 Å². The average Bonchev–Trinajstić information content (AvgIpc) is 3.03. The predicted molar refractivity (Wildman–Crippen MR) is 94.7 cm³/mol. The van der Waals surface area contributed by atoms with E-state index >= 15 is 0 Å². The first kappa shape index (κ1) is 18.8. The minimum absolute atomic E-state index is 0.184. The van der Waals surface area contributed by atoms with Gasteiger partial charge in [-0.15, -0.1) is 0 Å². The molecule has 0 unspecified atom stereocenters. The molecule has 2 saturated heterocycles. The quantitative estimate of drug-likeness (QED) is 0.755. The number of likely N-dealkylation sites (tertiary alicyclic amines) is 1. The van der Waals surface area contributed by atoms with Gasteiger partial charge in [-0.2, -0.15) is 4.98 Å². The smallest absolute Gasteiger partial charge is 0.240 e. The number of hydrogen-bond donors (Lipinski definition) is 0. The first-order valence-corrected chi connectivity index (χ1v) is 10.8. The van der Waals surface area contributed by atoms with Crippen LogP contribution in [0, 0.1) is 0 Å². The summed E-state index contributed by atoms with van der Waals surface area (Å²) in [6.45, 7) is 3.99. The molecule has 0 N–H and O–H groups in total. The van der Waals surface area contributed by atoms with Crippen LogP contribution in [0.5, 0.6) is 0 Å². The Kier molecular flexibility index (Phi) is 5.77. The van der Waals surface area contributed by atoms with Gasteiger partial charge in [0.1, 0.15) is 0 Å². The van der Waals surface area contributed by atoms with Crippen LogP contribution in [0.15, 0.2) is 4.52 Å². The highest BCUT2D eigenvalue weighted by Gasteiger charge is 2.29.